The Kier molecular flexibility index (Phi) is 2.57. The first-order valence-corrected chi connectivity index (χ1v) is 9.80. The third-order valence-corrected chi connectivity index (χ3v) is 6.35. The van der Waals surface area contributed by atoms with Crippen molar-refractivity contribution in [1.29, 1.82) is 0 Å². The fourth-order valence-electron chi connectivity index (χ4n) is 5.18. The lowest BCUT2D eigenvalue weighted by molar-refractivity contribution is 1.79. The van der Waals surface area contributed by atoms with Crippen LogP contribution in [0.1, 0.15) is 0 Å². The second kappa shape index (κ2) is 4.99. The zero-order valence-electron chi connectivity index (χ0n) is 15.2. The van der Waals surface area contributed by atoms with Gasteiger partial charge in [0.05, 0.1) is 0 Å². The van der Waals surface area contributed by atoms with Crippen LogP contribution in [0.2, 0.25) is 0 Å². The fourth-order valence-corrected chi connectivity index (χ4v) is 5.18. The average Bonchev–Trinajstić information content (AvgIpc) is 2.77. The molecule has 0 N–H and O–H groups in total. The first-order chi connectivity index (χ1) is 13.9. The van der Waals surface area contributed by atoms with Gasteiger partial charge < -0.3 is 0 Å². The average molecular weight is 352 g/mol. The Morgan fingerprint density at radius 2 is 0.643 bits per heavy atom. The predicted octanol–water partition coefficient (Wildman–Crippen LogP) is 8.04. The van der Waals surface area contributed by atoms with Gasteiger partial charge in [-0.2, -0.15) is 0 Å². The number of benzene rings is 7. The van der Waals surface area contributed by atoms with E-state index in [9.17, 15) is 0 Å². The van der Waals surface area contributed by atoms with Gasteiger partial charge in [-0.05, 0) is 76.8 Å². The minimum absolute atomic E-state index is 1.30. The molecule has 7 rings (SSSR count). The van der Waals surface area contributed by atoms with Crippen LogP contribution in [-0.4, -0.2) is 0 Å². The molecule has 28 heavy (non-hydrogen) atoms. The van der Waals surface area contributed by atoms with E-state index >= 15 is 0 Å². The molecule has 0 radical (unpaired) electrons. The van der Waals surface area contributed by atoms with E-state index in [0.29, 0.717) is 0 Å². The molecule has 0 saturated carbocycles. The second-order valence-corrected chi connectivity index (χ2v) is 7.75. The first kappa shape index (κ1) is 14.4. The first-order valence-electron chi connectivity index (χ1n) is 9.80. The minimum atomic E-state index is 1.30. The van der Waals surface area contributed by atoms with Crippen molar-refractivity contribution in [3.63, 3.8) is 0 Å². The molecule has 0 aliphatic carbocycles. The van der Waals surface area contributed by atoms with E-state index in [1.54, 1.807) is 0 Å². The Bertz CT molecular complexity index is 1580. The van der Waals surface area contributed by atoms with Crippen molar-refractivity contribution in [3.8, 4) is 0 Å². The van der Waals surface area contributed by atoms with Gasteiger partial charge in [-0.1, -0.05) is 84.9 Å². The van der Waals surface area contributed by atoms with Gasteiger partial charge in [0, 0.05) is 0 Å². The van der Waals surface area contributed by atoms with Gasteiger partial charge in [0.1, 0.15) is 0 Å². The van der Waals surface area contributed by atoms with E-state index in [-0.39, 0.29) is 0 Å². The molecule has 0 amide bonds. The van der Waals surface area contributed by atoms with Gasteiger partial charge in [0.15, 0.2) is 0 Å². The molecule has 7 aromatic carbocycles. The molecule has 0 aliphatic heterocycles. The summed E-state index contributed by atoms with van der Waals surface area (Å²) in [6.07, 6.45) is 0. The van der Waals surface area contributed by atoms with E-state index in [0.717, 1.165) is 0 Å². The maximum atomic E-state index is 2.37. The van der Waals surface area contributed by atoms with E-state index < -0.39 is 0 Å². The van der Waals surface area contributed by atoms with Crippen LogP contribution < -0.4 is 0 Å². The molecule has 0 bridgehead atoms. The van der Waals surface area contributed by atoms with Crippen LogP contribution >= 0.6 is 0 Å². The Hall–Kier alpha value is -3.64. The molecule has 0 spiro atoms. The predicted molar refractivity (Wildman–Crippen MR) is 123 cm³/mol. The number of rotatable bonds is 0. The molecular weight excluding hydrogens is 336 g/mol. The van der Waals surface area contributed by atoms with E-state index in [1.807, 2.05) is 0 Å². The van der Waals surface area contributed by atoms with Crippen molar-refractivity contribution in [2.45, 2.75) is 0 Å². The van der Waals surface area contributed by atoms with Crippen LogP contribution in [0, 0.1) is 0 Å². The molecule has 0 heterocycles. The smallest absolute Gasteiger partial charge is 0.00139 e. The van der Waals surface area contributed by atoms with Crippen LogP contribution in [0.4, 0.5) is 0 Å². The molecule has 128 valence electrons. The van der Waals surface area contributed by atoms with Gasteiger partial charge >= 0.3 is 0 Å². The fraction of sp³-hybridized carbons (Fsp3) is 0. The summed E-state index contributed by atoms with van der Waals surface area (Å²) in [6, 6.07) is 35.8. The van der Waals surface area contributed by atoms with Gasteiger partial charge in [-0.15, -0.1) is 0 Å². The monoisotopic (exact) mass is 352 g/mol. The summed E-state index contributed by atoms with van der Waals surface area (Å²) in [5, 5.41) is 16.2. The molecule has 0 aromatic heterocycles. The van der Waals surface area contributed by atoms with E-state index in [4.69, 9.17) is 0 Å². The highest BCUT2D eigenvalue weighted by Gasteiger charge is 2.16. The summed E-state index contributed by atoms with van der Waals surface area (Å²) in [5.74, 6) is 0. The lowest BCUT2D eigenvalue weighted by Crippen LogP contribution is -1.89. The standard InChI is InChI=1S/C28H16/c1-2-8-18-16-26-24-14-6-12-22-20-10-4-3-9-19(20)21-11-5-13-23(27(21)28(22)24)25(26)15-17(18)7-1/h1-16H. The second-order valence-electron chi connectivity index (χ2n) is 7.75. The van der Waals surface area contributed by atoms with Crippen LogP contribution in [0.5, 0.6) is 0 Å². The summed E-state index contributed by atoms with van der Waals surface area (Å²) in [6.45, 7) is 0. The minimum Gasteiger partial charge on any atom is -0.0616 e. The molecule has 0 aliphatic rings. The van der Waals surface area contributed by atoms with Gasteiger partial charge in [0.25, 0.3) is 0 Å². The van der Waals surface area contributed by atoms with Crippen LogP contribution in [0.3, 0.4) is 0 Å². The lowest BCUT2D eigenvalue weighted by Gasteiger charge is -2.17. The SMILES string of the molecule is c1ccc2cc3c(cc2c1)c1cccc2c4ccccc4c4cccc3c4c21. The molecular formula is C28H16. The summed E-state index contributed by atoms with van der Waals surface area (Å²) < 4.78 is 0. The van der Waals surface area contributed by atoms with Crippen LogP contribution in [-0.2, 0) is 0 Å². The van der Waals surface area contributed by atoms with Crippen molar-refractivity contribution in [3.05, 3.63) is 97.1 Å². The summed E-state index contributed by atoms with van der Waals surface area (Å²) in [7, 11) is 0. The van der Waals surface area contributed by atoms with E-state index in [1.165, 1.54) is 64.6 Å². The lowest BCUT2D eigenvalue weighted by atomic mass is 9.85. The summed E-state index contributed by atoms with van der Waals surface area (Å²) in [4.78, 5) is 0. The largest absolute Gasteiger partial charge is 0.0616 e. The molecule has 0 heteroatoms. The Morgan fingerprint density at radius 1 is 0.286 bits per heavy atom. The maximum absolute atomic E-state index is 2.37. The van der Waals surface area contributed by atoms with Crippen molar-refractivity contribution >= 4 is 64.6 Å². The third kappa shape index (κ3) is 1.66. The number of fused-ring (bicyclic) bond motifs is 7. The zero-order chi connectivity index (χ0) is 18.2. The zero-order valence-corrected chi connectivity index (χ0v) is 15.2. The number of hydrogen-bond donors (Lipinski definition) is 0. The topological polar surface area (TPSA) is 0 Å². The molecule has 0 unspecified atom stereocenters. The Labute approximate surface area is 162 Å². The van der Waals surface area contributed by atoms with Gasteiger partial charge in [-0.3, -0.25) is 0 Å². The normalized spacial score (nSPS) is 12.3. The van der Waals surface area contributed by atoms with Crippen molar-refractivity contribution in [2.75, 3.05) is 0 Å². The summed E-state index contributed by atoms with van der Waals surface area (Å²) >= 11 is 0. The highest BCUT2D eigenvalue weighted by molar-refractivity contribution is 6.40. The van der Waals surface area contributed by atoms with Crippen molar-refractivity contribution in [2.24, 2.45) is 0 Å². The van der Waals surface area contributed by atoms with Crippen LogP contribution in [0.15, 0.2) is 97.1 Å². The molecule has 7 aromatic rings. The quantitative estimate of drug-likeness (QED) is 0.191. The van der Waals surface area contributed by atoms with Crippen molar-refractivity contribution < 1.29 is 0 Å². The highest BCUT2D eigenvalue weighted by Crippen LogP contribution is 2.45. The third-order valence-electron chi connectivity index (χ3n) is 6.35. The molecule has 0 fully saturated rings. The van der Waals surface area contributed by atoms with E-state index in [2.05, 4.69) is 97.1 Å². The summed E-state index contributed by atoms with van der Waals surface area (Å²) in [5.41, 5.74) is 0. The van der Waals surface area contributed by atoms with Gasteiger partial charge in [-0.25, -0.2) is 0 Å². The van der Waals surface area contributed by atoms with Crippen molar-refractivity contribution in [1.82, 2.24) is 0 Å². The highest BCUT2D eigenvalue weighted by atomic mass is 14.2. The maximum Gasteiger partial charge on any atom is -0.00139 e. The Morgan fingerprint density at radius 3 is 1.11 bits per heavy atom. The molecule has 0 nitrogen and oxygen atoms in total. The molecule has 0 saturated heterocycles. The Balaban J connectivity index is 1.92. The number of hydrogen-bond acceptors (Lipinski definition) is 0. The van der Waals surface area contributed by atoms with Crippen LogP contribution in [0.25, 0.3) is 64.6 Å². The molecule has 0 atom stereocenters. The van der Waals surface area contributed by atoms with Gasteiger partial charge in [0.2, 0.25) is 0 Å².